The van der Waals surface area contributed by atoms with Gasteiger partial charge in [0.2, 0.25) is 0 Å². The maximum Gasteiger partial charge on any atom is 0.127 e. The van der Waals surface area contributed by atoms with Crippen LogP contribution in [0.3, 0.4) is 0 Å². The number of aromatic nitrogens is 2. The number of benzene rings is 1. The minimum absolute atomic E-state index is 0.117. The van der Waals surface area contributed by atoms with E-state index in [1.807, 2.05) is 25.1 Å². The quantitative estimate of drug-likeness (QED) is 0.771. The molecule has 1 aromatic heterocycles. The average Bonchev–Trinajstić information content (AvgIpc) is 2.78. The highest BCUT2D eigenvalue weighted by Crippen LogP contribution is 2.33. The molecule has 1 aliphatic rings. The van der Waals surface area contributed by atoms with E-state index >= 15 is 0 Å². The Morgan fingerprint density at radius 2 is 2.11 bits per heavy atom. The van der Waals surface area contributed by atoms with Crippen molar-refractivity contribution in [3.05, 3.63) is 29.0 Å². The molecule has 0 bridgehead atoms. The highest BCUT2D eigenvalue weighted by atomic mass is 35.5. The largest absolute Gasteiger partial charge is 0.381 e. The third-order valence-electron chi connectivity index (χ3n) is 3.59. The first-order chi connectivity index (χ1) is 9.16. The molecular formula is C14H16Cl2N2O. The van der Waals surface area contributed by atoms with E-state index in [9.17, 15) is 0 Å². The second kappa shape index (κ2) is 5.31. The van der Waals surface area contributed by atoms with Gasteiger partial charge in [-0.05, 0) is 38.0 Å². The molecule has 2 aromatic rings. The highest BCUT2D eigenvalue weighted by Gasteiger charge is 2.23. The van der Waals surface area contributed by atoms with Gasteiger partial charge >= 0.3 is 0 Å². The Kier molecular flexibility index (Phi) is 3.70. The van der Waals surface area contributed by atoms with Crippen LogP contribution in [0.25, 0.3) is 11.0 Å². The van der Waals surface area contributed by atoms with Crippen molar-refractivity contribution in [2.45, 2.75) is 31.2 Å². The van der Waals surface area contributed by atoms with Gasteiger partial charge in [-0.2, -0.15) is 0 Å². The first-order valence-electron chi connectivity index (χ1n) is 6.56. The van der Waals surface area contributed by atoms with Gasteiger partial charge in [0.25, 0.3) is 0 Å². The fourth-order valence-corrected chi connectivity index (χ4v) is 3.02. The van der Waals surface area contributed by atoms with Gasteiger partial charge in [-0.1, -0.05) is 11.6 Å². The van der Waals surface area contributed by atoms with Gasteiger partial charge in [0.15, 0.2) is 0 Å². The summed E-state index contributed by atoms with van der Waals surface area (Å²) in [6.07, 6.45) is 2.01. The van der Waals surface area contributed by atoms with E-state index in [-0.39, 0.29) is 5.38 Å². The van der Waals surface area contributed by atoms with Crippen LogP contribution in [0.2, 0.25) is 5.02 Å². The molecule has 0 aliphatic carbocycles. The van der Waals surface area contributed by atoms with E-state index in [0.29, 0.717) is 11.1 Å². The molecule has 19 heavy (non-hydrogen) atoms. The molecule has 2 heterocycles. The van der Waals surface area contributed by atoms with Crippen molar-refractivity contribution in [3.8, 4) is 0 Å². The molecule has 0 N–H and O–H groups in total. The second-order valence-corrected chi connectivity index (χ2v) is 6.02. The lowest BCUT2D eigenvalue weighted by molar-refractivity contribution is 0.0698. The summed E-state index contributed by atoms with van der Waals surface area (Å²) in [4.78, 5) is 4.65. The maximum atomic E-state index is 6.29. The van der Waals surface area contributed by atoms with Crippen molar-refractivity contribution in [3.63, 3.8) is 0 Å². The lowest BCUT2D eigenvalue weighted by atomic mass is 10.1. The van der Waals surface area contributed by atoms with E-state index in [4.69, 9.17) is 27.9 Å². The molecule has 5 heteroatoms. The molecule has 3 nitrogen and oxygen atoms in total. The predicted molar refractivity (Wildman–Crippen MR) is 78.1 cm³/mol. The fourth-order valence-electron chi connectivity index (χ4n) is 2.70. The first-order valence-corrected chi connectivity index (χ1v) is 7.37. The van der Waals surface area contributed by atoms with E-state index in [0.717, 1.165) is 42.9 Å². The maximum absolute atomic E-state index is 6.29. The van der Waals surface area contributed by atoms with Crippen LogP contribution < -0.4 is 0 Å². The topological polar surface area (TPSA) is 27.1 Å². The van der Waals surface area contributed by atoms with Crippen molar-refractivity contribution in [1.82, 2.24) is 9.55 Å². The average molecular weight is 299 g/mol. The van der Waals surface area contributed by atoms with Crippen molar-refractivity contribution in [2.75, 3.05) is 13.2 Å². The number of hydrogen-bond donors (Lipinski definition) is 0. The summed E-state index contributed by atoms with van der Waals surface area (Å²) in [5.41, 5.74) is 2.03. The van der Waals surface area contributed by atoms with Gasteiger partial charge in [-0.3, -0.25) is 0 Å². The Morgan fingerprint density at radius 3 is 2.79 bits per heavy atom. The van der Waals surface area contributed by atoms with Crippen molar-refractivity contribution in [1.29, 1.82) is 0 Å². The summed E-state index contributed by atoms with van der Waals surface area (Å²) in [6.45, 7) is 3.56. The van der Waals surface area contributed by atoms with Crippen molar-refractivity contribution in [2.24, 2.45) is 0 Å². The monoisotopic (exact) mass is 298 g/mol. The van der Waals surface area contributed by atoms with Crippen LogP contribution in [-0.4, -0.2) is 22.8 Å². The summed E-state index contributed by atoms with van der Waals surface area (Å²) >= 11 is 12.3. The second-order valence-electron chi connectivity index (χ2n) is 4.93. The van der Waals surface area contributed by atoms with Crippen molar-refractivity contribution >= 4 is 34.2 Å². The Hall–Kier alpha value is -0.770. The molecule has 0 spiro atoms. The van der Waals surface area contributed by atoms with Crippen LogP contribution in [-0.2, 0) is 4.74 Å². The normalized spacial score (nSPS) is 18.9. The molecule has 0 saturated carbocycles. The lowest BCUT2D eigenvalue weighted by Gasteiger charge is -2.26. The Bertz CT molecular complexity index is 588. The van der Waals surface area contributed by atoms with Crippen LogP contribution in [0.4, 0.5) is 0 Å². The molecule has 102 valence electrons. The molecule has 1 saturated heterocycles. The van der Waals surface area contributed by atoms with Gasteiger partial charge < -0.3 is 9.30 Å². The Morgan fingerprint density at radius 1 is 1.37 bits per heavy atom. The van der Waals surface area contributed by atoms with Crippen LogP contribution in [0.5, 0.6) is 0 Å². The van der Waals surface area contributed by atoms with Gasteiger partial charge in [0.05, 0.1) is 16.4 Å². The molecule has 1 aliphatic heterocycles. The van der Waals surface area contributed by atoms with E-state index < -0.39 is 0 Å². The number of imidazole rings is 1. The fraction of sp³-hybridized carbons (Fsp3) is 0.500. The first kappa shape index (κ1) is 13.2. The Labute approximate surface area is 122 Å². The number of alkyl halides is 1. The number of rotatable bonds is 2. The molecule has 1 fully saturated rings. The SMILES string of the molecule is CC(Cl)c1nc2cc(Cl)ccc2n1C1CCOCC1. The zero-order valence-corrected chi connectivity index (χ0v) is 12.3. The van der Waals surface area contributed by atoms with Crippen LogP contribution in [0, 0.1) is 0 Å². The number of halogens is 2. The number of fused-ring (bicyclic) bond motifs is 1. The van der Waals surface area contributed by atoms with Gasteiger partial charge in [0.1, 0.15) is 5.82 Å². The minimum atomic E-state index is -0.117. The number of ether oxygens (including phenoxy) is 1. The highest BCUT2D eigenvalue weighted by molar-refractivity contribution is 6.31. The van der Waals surface area contributed by atoms with E-state index in [1.165, 1.54) is 0 Å². The van der Waals surface area contributed by atoms with Gasteiger partial charge in [-0.15, -0.1) is 11.6 Å². The molecule has 1 atom stereocenters. The van der Waals surface area contributed by atoms with Crippen molar-refractivity contribution < 1.29 is 4.74 Å². The molecule has 1 unspecified atom stereocenters. The summed E-state index contributed by atoms with van der Waals surface area (Å²) in [6, 6.07) is 6.25. The predicted octanol–water partition coefficient (Wildman–Crippen LogP) is 4.34. The van der Waals surface area contributed by atoms with Gasteiger partial charge in [0, 0.05) is 24.3 Å². The summed E-state index contributed by atoms with van der Waals surface area (Å²) < 4.78 is 7.71. The summed E-state index contributed by atoms with van der Waals surface area (Å²) in [5.74, 6) is 0.922. The molecular weight excluding hydrogens is 283 g/mol. The number of nitrogens with zero attached hydrogens (tertiary/aromatic N) is 2. The third kappa shape index (κ3) is 2.47. The summed E-state index contributed by atoms with van der Waals surface area (Å²) in [7, 11) is 0. The lowest BCUT2D eigenvalue weighted by Crippen LogP contribution is -2.21. The summed E-state index contributed by atoms with van der Waals surface area (Å²) in [5, 5.41) is 0.590. The number of hydrogen-bond acceptors (Lipinski definition) is 2. The van der Waals surface area contributed by atoms with Gasteiger partial charge in [-0.25, -0.2) is 4.98 Å². The third-order valence-corrected chi connectivity index (χ3v) is 4.02. The molecule has 0 radical (unpaired) electrons. The minimum Gasteiger partial charge on any atom is -0.381 e. The van der Waals surface area contributed by atoms with E-state index in [1.54, 1.807) is 0 Å². The standard InChI is InChI=1S/C14H16Cl2N2O/c1-9(15)14-17-12-8-10(16)2-3-13(12)18(14)11-4-6-19-7-5-11/h2-3,8-9,11H,4-7H2,1H3. The zero-order valence-electron chi connectivity index (χ0n) is 10.8. The smallest absolute Gasteiger partial charge is 0.127 e. The van der Waals surface area contributed by atoms with Crippen LogP contribution in [0.15, 0.2) is 18.2 Å². The molecule has 3 rings (SSSR count). The Balaban J connectivity index is 2.15. The molecule has 1 aromatic carbocycles. The van der Waals surface area contributed by atoms with Crippen LogP contribution >= 0.6 is 23.2 Å². The molecule has 0 amide bonds. The van der Waals surface area contributed by atoms with E-state index in [2.05, 4.69) is 9.55 Å². The van der Waals surface area contributed by atoms with Crippen LogP contribution in [0.1, 0.15) is 37.0 Å². The zero-order chi connectivity index (χ0) is 13.4.